The summed E-state index contributed by atoms with van der Waals surface area (Å²) in [6.45, 7) is 1.78. The molecule has 0 unspecified atom stereocenters. The third-order valence-electron chi connectivity index (χ3n) is 4.22. The number of nitrogens with one attached hydrogen (secondary N) is 3. The van der Waals surface area contributed by atoms with Gasteiger partial charge in [-0.25, -0.2) is 0 Å². The van der Waals surface area contributed by atoms with Gasteiger partial charge in [-0.15, -0.1) is 0 Å². The van der Waals surface area contributed by atoms with Crippen molar-refractivity contribution in [3.05, 3.63) is 48.5 Å². The number of amides is 2. The Balaban J connectivity index is 1.60. The van der Waals surface area contributed by atoms with Crippen molar-refractivity contribution in [3.8, 4) is 5.75 Å². The molecule has 3 N–H and O–H groups in total. The van der Waals surface area contributed by atoms with Crippen molar-refractivity contribution in [2.45, 2.75) is 25.8 Å². The second-order valence-corrected chi connectivity index (χ2v) is 6.40. The van der Waals surface area contributed by atoms with Crippen LogP contribution in [0.1, 0.15) is 19.8 Å². The van der Waals surface area contributed by atoms with Gasteiger partial charge < -0.3 is 20.7 Å². The lowest BCUT2D eigenvalue weighted by molar-refractivity contribution is -0.117. The topological polar surface area (TPSA) is 79.5 Å². The van der Waals surface area contributed by atoms with Gasteiger partial charge in [0.15, 0.2) is 0 Å². The first-order valence-electron chi connectivity index (χ1n) is 8.68. The summed E-state index contributed by atoms with van der Waals surface area (Å²) in [4.78, 5) is 24.3. The summed E-state index contributed by atoms with van der Waals surface area (Å²) in [5, 5.41) is 8.91. The molecule has 1 aliphatic rings. The van der Waals surface area contributed by atoms with Gasteiger partial charge in [0.05, 0.1) is 12.8 Å². The standard InChI is InChI=1S/C20H23N3O3/c1-13(19(24)23-17-8-3-4-9-18(17)26-2)21-15-6-5-7-16(12-15)22-20(25)14-10-11-14/h3-9,12-14,21H,10-11H2,1-2H3,(H,22,25)(H,23,24)/t13-/m1/s1. The van der Waals surface area contributed by atoms with E-state index in [-0.39, 0.29) is 17.7 Å². The van der Waals surface area contributed by atoms with E-state index in [1.807, 2.05) is 36.4 Å². The molecule has 6 nitrogen and oxygen atoms in total. The van der Waals surface area contributed by atoms with Crippen molar-refractivity contribution < 1.29 is 14.3 Å². The lowest BCUT2D eigenvalue weighted by atomic mass is 10.2. The summed E-state index contributed by atoms with van der Waals surface area (Å²) in [6, 6.07) is 14.2. The second kappa shape index (κ2) is 7.91. The van der Waals surface area contributed by atoms with Crippen LogP contribution in [-0.4, -0.2) is 25.0 Å². The fraction of sp³-hybridized carbons (Fsp3) is 0.300. The van der Waals surface area contributed by atoms with Crippen molar-refractivity contribution >= 4 is 28.9 Å². The van der Waals surface area contributed by atoms with Gasteiger partial charge in [-0.2, -0.15) is 0 Å². The Bertz CT molecular complexity index is 802. The van der Waals surface area contributed by atoms with E-state index in [0.717, 1.165) is 24.2 Å². The van der Waals surface area contributed by atoms with E-state index in [9.17, 15) is 9.59 Å². The molecule has 2 amide bonds. The largest absolute Gasteiger partial charge is 0.495 e. The first-order valence-corrected chi connectivity index (χ1v) is 8.68. The van der Waals surface area contributed by atoms with E-state index in [0.29, 0.717) is 11.4 Å². The van der Waals surface area contributed by atoms with E-state index >= 15 is 0 Å². The summed E-state index contributed by atoms with van der Waals surface area (Å²) in [6.07, 6.45) is 1.92. The van der Waals surface area contributed by atoms with Gasteiger partial charge in [0, 0.05) is 17.3 Å². The molecule has 3 rings (SSSR count). The monoisotopic (exact) mass is 353 g/mol. The van der Waals surface area contributed by atoms with Gasteiger partial charge in [-0.05, 0) is 50.1 Å². The lowest BCUT2D eigenvalue weighted by Crippen LogP contribution is -2.32. The maximum atomic E-state index is 12.4. The average molecular weight is 353 g/mol. The van der Waals surface area contributed by atoms with Crippen LogP contribution in [0.15, 0.2) is 48.5 Å². The molecule has 1 saturated carbocycles. The molecule has 6 heteroatoms. The highest BCUT2D eigenvalue weighted by Crippen LogP contribution is 2.30. The maximum absolute atomic E-state index is 12.4. The summed E-state index contributed by atoms with van der Waals surface area (Å²) < 4.78 is 5.25. The number of carbonyl (C=O) groups is 2. The number of anilines is 3. The summed E-state index contributed by atoms with van der Waals surface area (Å²) in [5.74, 6) is 0.640. The zero-order chi connectivity index (χ0) is 18.5. The molecule has 0 saturated heterocycles. The molecule has 2 aromatic rings. The van der Waals surface area contributed by atoms with E-state index < -0.39 is 6.04 Å². The van der Waals surface area contributed by atoms with Gasteiger partial charge in [0.25, 0.3) is 0 Å². The Morgan fingerprint density at radius 1 is 1.04 bits per heavy atom. The Hall–Kier alpha value is -3.02. The highest BCUT2D eigenvalue weighted by molar-refractivity contribution is 5.98. The van der Waals surface area contributed by atoms with Crippen LogP contribution in [-0.2, 0) is 9.59 Å². The normalized spacial score (nSPS) is 14.2. The Morgan fingerprint density at radius 2 is 1.77 bits per heavy atom. The molecule has 1 fully saturated rings. The molecule has 136 valence electrons. The zero-order valence-electron chi connectivity index (χ0n) is 14.9. The highest BCUT2D eigenvalue weighted by Gasteiger charge is 2.29. The van der Waals surface area contributed by atoms with Crippen LogP contribution < -0.4 is 20.7 Å². The summed E-state index contributed by atoms with van der Waals surface area (Å²) in [5.41, 5.74) is 2.12. The number of hydrogen-bond acceptors (Lipinski definition) is 4. The lowest BCUT2D eigenvalue weighted by Gasteiger charge is -2.17. The third-order valence-corrected chi connectivity index (χ3v) is 4.22. The molecule has 1 atom stereocenters. The van der Waals surface area contributed by atoms with Crippen LogP contribution in [0.25, 0.3) is 0 Å². The van der Waals surface area contributed by atoms with E-state index in [1.54, 1.807) is 26.2 Å². The summed E-state index contributed by atoms with van der Waals surface area (Å²) in [7, 11) is 1.56. The highest BCUT2D eigenvalue weighted by atomic mass is 16.5. The van der Waals surface area contributed by atoms with Crippen LogP contribution in [0.3, 0.4) is 0 Å². The number of carbonyl (C=O) groups excluding carboxylic acids is 2. The number of ether oxygens (including phenoxy) is 1. The average Bonchev–Trinajstić information content (AvgIpc) is 3.47. The molecular weight excluding hydrogens is 330 g/mol. The van der Waals surface area contributed by atoms with Gasteiger partial charge in [0.2, 0.25) is 11.8 Å². The minimum atomic E-state index is -0.464. The quantitative estimate of drug-likeness (QED) is 0.712. The van der Waals surface area contributed by atoms with Crippen molar-refractivity contribution in [3.63, 3.8) is 0 Å². The molecule has 2 aromatic carbocycles. The number of benzene rings is 2. The Labute approximate surface area is 152 Å². The molecule has 0 aliphatic heterocycles. The fourth-order valence-electron chi connectivity index (χ4n) is 2.58. The SMILES string of the molecule is COc1ccccc1NC(=O)[C@@H](C)Nc1cccc(NC(=O)C2CC2)c1. The predicted octanol–water partition coefficient (Wildman–Crippen LogP) is 3.48. The molecule has 0 heterocycles. The maximum Gasteiger partial charge on any atom is 0.246 e. The predicted molar refractivity (Wildman–Crippen MR) is 103 cm³/mol. The molecule has 0 radical (unpaired) electrons. The van der Waals surface area contributed by atoms with Gasteiger partial charge in [-0.1, -0.05) is 18.2 Å². The molecule has 26 heavy (non-hydrogen) atoms. The second-order valence-electron chi connectivity index (χ2n) is 6.40. The molecule has 0 spiro atoms. The van der Waals surface area contributed by atoms with Gasteiger partial charge >= 0.3 is 0 Å². The molecule has 1 aliphatic carbocycles. The Kier molecular flexibility index (Phi) is 5.41. The van der Waals surface area contributed by atoms with E-state index in [2.05, 4.69) is 16.0 Å². The number of rotatable bonds is 7. The fourth-order valence-corrected chi connectivity index (χ4v) is 2.58. The van der Waals surface area contributed by atoms with Gasteiger partial charge in [0.1, 0.15) is 11.8 Å². The van der Waals surface area contributed by atoms with Crippen LogP contribution in [0, 0.1) is 5.92 Å². The van der Waals surface area contributed by atoms with E-state index in [1.165, 1.54) is 0 Å². The zero-order valence-corrected chi connectivity index (χ0v) is 14.9. The van der Waals surface area contributed by atoms with Crippen molar-refractivity contribution in [2.75, 3.05) is 23.1 Å². The van der Waals surface area contributed by atoms with Crippen LogP contribution in [0.5, 0.6) is 5.75 Å². The Morgan fingerprint density at radius 3 is 2.50 bits per heavy atom. The van der Waals surface area contributed by atoms with Crippen LogP contribution in [0.2, 0.25) is 0 Å². The van der Waals surface area contributed by atoms with Crippen molar-refractivity contribution in [2.24, 2.45) is 5.92 Å². The first-order chi connectivity index (χ1) is 12.6. The first kappa shape index (κ1) is 17.8. The number of methoxy groups -OCH3 is 1. The smallest absolute Gasteiger partial charge is 0.246 e. The molecule has 0 aromatic heterocycles. The van der Waals surface area contributed by atoms with Crippen molar-refractivity contribution in [1.29, 1.82) is 0 Å². The minimum absolute atomic E-state index is 0.0594. The third kappa shape index (κ3) is 4.53. The number of para-hydroxylation sites is 2. The summed E-state index contributed by atoms with van der Waals surface area (Å²) >= 11 is 0. The van der Waals surface area contributed by atoms with Crippen molar-refractivity contribution in [1.82, 2.24) is 0 Å². The van der Waals surface area contributed by atoms with E-state index in [4.69, 9.17) is 4.74 Å². The number of hydrogen-bond donors (Lipinski definition) is 3. The van der Waals surface area contributed by atoms with Crippen LogP contribution in [0.4, 0.5) is 17.1 Å². The minimum Gasteiger partial charge on any atom is -0.495 e. The van der Waals surface area contributed by atoms with Crippen LogP contribution >= 0.6 is 0 Å². The molecule has 0 bridgehead atoms. The molecular formula is C20H23N3O3. The van der Waals surface area contributed by atoms with Gasteiger partial charge in [-0.3, -0.25) is 9.59 Å².